The van der Waals surface area contributed by atoms with Crippen molar-refractivity contribution in [3.63, 3.8) is 0 Å². The third kappa shape index (κ3) is 4.82. The van der Waals surface area contributed by atoms with E-state index in [1.165, 1.54) is 16.7 Å². The Bertz CT molecular complexity index is 318. The lowest BCUT2D eigenvalue weighted by Crippen LogP contribution is -2.38. The summed E-state index contributed by atoms with van der Waals surface area (Å²) in [4.78, 5) is 34.9. The highest BCUT2D eigenvalue weighted by molar-refractivity contribution is 8.14. The van der Waals surface area contributed by atoms with Crippen LogP contribution in [0.4, 0.5) is 4.79 Å². The lowest BCUT2D eigenvalue weighted by molar-refractivity contribution is -0.125. The summed E-state index contributed by atoms with van der Waals surface area (Å²) in [6.45, 7) is 4.12. The van der Waals surface area contributed by atoms with Gasteiger partial charge in [-0.3, -0.25) is 19.3 Å². The number of hydrogen-bond acceptors (Lipinski definition) is 5. The Kier molecular flexibility index (Phi) is 6.13. The molecule has 0 atom stereocenters. The number of nitrogens with one attached hydrogen (secondary N) is 1. The van der Waals surface area contributed by atoms with Gasteiger partial charge in [0.15, 0.2) is 0 Å². The van der Waals surface area contributed by atoms with Gasteiger partial charge in [-0.05, 0) is 0 Å². The number of nitrogens with zero attached hydrogens (tertiary/aromatic N) is 1. The van der Waals surface area contributed by atoms with Gasteiger partial charge >= 0.3 is 0 Å². The molecular formula is C10H14N2O3S2. The number of thioether (sulfide) groups is 2. The van der Waals surface area contributed by atoms with Crippen molar-refractivity contribution in [1.29, 1.82) is 0 Å². The molecule has 0 bridgehead atoms. The summed E-state index contributed by atoms with van der Waals surface area (Å²) in [5.74, 6) is 1.02. The zero-order valence-electron chi connectivity index (χ0n) is 9.31. The van der Waals surface area contributed by atoms with Crippen LogP contribution in [0.1, 0.15) is 0 Å². The SMILES string of the molecule is C=CCSCC(=O)NCCN1C(=O)CSC1=O. The predicted octanol–water partition coefficient (Wildman–Crippen LogP) is 0.717. The van der Waals surface area contributed by atoms with Crippen LogP contribution in [0.15, 0.2) is 12.7 Å². The van der Waals surface area contributed by atoms with Crippen molar-refractivity contribution in [3.05, 3.63) is 12.7 Å². The summed E-state index contributed by atoms with van der Waals surface area (Å²) >= 11 is 2.46. The van der Waals surface area contributed by atoms with Crippen molar-refractivity contribution in [2.45, 2.75) is 0 Å². The molecule has 0 radical (unpaired) electrons. The molecule has 1 fully saturated rings. The van der Waals surface area contributed by atoms with Crippen molar-refractivity contribution >= 4 is 40.6 Å². The zero-order valence-corrected chi connectivity index (χ0v) is 10.9. The van der Waals surface area contributed by atoms with Crippen molar-refractivity contribution in [2.24, 2.45) is 0 Å². The molecule has 1 aliphatic heterocycles. The third-order valence-corrected chi connectivity index (χ3v) is 3.76. The lowest BCUT2D eigenvalue weighted by Gasteiger charge is -2.12. The normalized spacial score (nSPS) is 15.2. The molecule has 0 saturated carbocycles. The van der Waals surface area contributed by atoms with Crippen LogP contribution in [0.5, 0.6) is 0 Å². The van der Waals surface area contributed by atoms with Gasteiger partial charge in [0.2, 0.25) is 11.8 Å². The van der Waals surface area contributed by atoms with Gasteiger partial charge in [0.25, 0.3) is 5.24 Å². The van der Waals surface area contributed by atoms with Crippen LogP contribution in [-0.4, -0.2) is 52.3 Å². The minimum Gasteiger partial charge on any atom is -0.354 e. The first-order valence-corrected chi connectivity index (χ1v) is 7.21. The second kappa shape index (κ2) is 7.39. The average molecular weight is 274 g/mol. The van der Waals surface area contributed by atoms with Crippen LogP contribution in [0, 0.1) is 0 Å². The molecule has 1 aliphatic rings. The minimum atomic E-state index is -0.231. The number of hydrogen-bond donors (Lipinski definition) is 1. The van der Waals surface area contributed by atoms with Gasteiger partial charge in [-0.25, -0.2) is 0 Å². The molecule has 0 aromatic rings. The molecule has 94 valence electrons. The number of imide groups is 1. The smallest absolute Gasteiger partial charge is 0.288 e. The molecule has 17 heavy (non-hydrogen) atoms. The van der Waals surface area contributed by atoms with Crippen LogP contribution < -0.4 is 5.32 Å². The summed E-state index contributed by atoms with van der Waals surface area (Å²) in [5, 5.41) is 2.43. The van der Waals surface area contributed by atoms with Gasteiger partial charge < -0.3 is 5.32 Å². The maximum atomic E-state index is 11.3. The van der Waals surface area contributed by atoms with Crippen LogP contribution in [0.25, 0.3) is 0 Å². The number of carbonyl (C=O) groups is 3. The fraction of sp³-hybridized carbons (Fsp3) is 0.500. The molecule has 3 amide bonds. The Morgan fingerprint density at radius 2 is 2.35 bits per heavy atom. The molecule has 1 heterocycles. The second-order valence-electron chi connectivity index (χ2n) is 3.25. The van der Waals surface area contributed by atoms with E-state index in [0.717, 1.165) is 17.5 Å². The monoisotopic (exact) mass is 274 g/mol. The Morgan fingerprint density at radius 1 is 1.59 bits per heavy atom. The fourth-order valence-corrected chi connectivity index (χ4v) is 2.51. The van der Waals surface area contributed by atoms with Crippen molar-refractivity contribution in [1.82, 2.24) is 10.2 Å². The first-order valence-electron chi connectivity index (χ1n) is 5.07. The standard InChI is InChI=1S/C10H14N2O3S2/c1-2-5-16-6-8(13)11-3-4-12-9(14)7-17-10(12)15/h2H,1,3-7H2,(H,11,13). The van der Waals surface area contributed by atoms with Gasteiger partial charge in [0, 0.05) is 18.8 Å². The molecule has 1 saturated heterocycles. The molecule has 5 nitrogen and oxygen atoms in total. The number of amides is 3. The molecule has 1 rings (SSSR count). The highest BCUT2D eigenvalue weighted by atomic mass is 32.2. The molecular weight excluding hydrogens is 260 g/mol. The van der Waals surface area contributed by atoms with E-state index in [1.54, 1.807) is 6.08 Å². The largest absolute Gasteiger partial charge is 0.354 e. The predicted molar refractivity (Wildman–Crippen MR) is 70.1 cm³/mol. The number of carbonyl (C=O) groups excluding carboxylic acids is 3. The fourth-order valence-electron chi connectivity index (χ4n) is 1.19. The van der Waals surface area contributed by atoms with E-state index in [-0.39, 0.29) is 29.4 Å². The highest BCUT2D eigenvalue weighted by Crippen LogP contribution is 2.17. The summed E-state index contributed by atoms with van der Waals surface area (Å²) in [5.41, 5.74) is 0. The zero-order chi connectivity index (χ0) is 12.7. The lowest BCUT2D eigenvalue weighted by atomic mass is 10.5. The maximum Gasteiger partial charge on any atom is 0.288 e. The second-order valence-corrected chi connectivity index (χ2v) is 5.21. The van der Waals surface area contributed by atoms with E-state index in [4.69, 9.17) is 0 Å². The van der Waals surface area contributed by atoms with Crippen LogP contribution in [0.3, 0.4) is 0 Å². The Balaban J connectivity index is 2.14. The van der Waals surface area contributed by atoms with Gasteiger partial charge in [-0.1, -0.05) is 17.8 Å². The minimum absolute atomic E-state index is 0.0939. The van der Waals surface area contributed by atoms with E-state index in [1.807, 2.05) is 0 Å². The molecule has 7 heteroatoms. The van der Waals surface area contributed by atoms with Crippen molar-refractivity contribution < 1.29 is 14.4 Å². The Morgan fingerprint density at radius 3 is 2.94 bits per heavy atom. The topological polar surface area (TPSA) is 66.5 Å². The van der Waals surface area contributed by atoms with E-state index in [9.17, 15) is 14.4 Å². The van der Waals surface area contributed by atoms with Gasteiger partial charge in [-0.2, -0.15) is 0 Å². The molecule has 0 aromatic carbocycles. The summed E-state index contributed by atoms with van der Waals surface area (Å²) < 4.78 is 0. The molecule has 1 N–H and O–H groups in total. The summed E-state index contributed by atoms with van der Waals surface area (Å²) in [6, 6.07) is 0. The first-order chi connectivity index (χ1) is 8.15. The maximum absolute atomic E-state index is 11.3. The first kappa shape index (κ1) is 14.1. The number of rotatable bonds is 7. The quantitative estimate of drug-likeness (QED) is 0.547. The van der Waals surface area contributed by atoms with Crippen LogP contribution in [-0.2, 0) is 9.59 Å². The molecule has 0 aromatic heterocycles. The van der Waals surface area contributed by atoms with Crippen LogP contribution in [0.2, 0.25) is 0 Å². The van der Waals surface area contributed by atoms with Gasteiger partial charge in [0.1, 0.15) is 0 Å². The van der Waals surface area contributed by atoms with Crippen LogP contribution >= 0.6 is 23.5 Å². The van der Waals surface area contributed by atoms with Gasteiger partial charge in [-0.15, -0.1) is 18.3 Å². The van der Waals surface area contributed by atoms with E-state index in [0.29, 0.717) is 12.3 Å². The highest BCUT2D eigenvalue weighted by Gasteiger charge is 2.29. The van der Waals surface area contributed by atoms with E-state index >= 15 is 0 Å². The molecule has 0 unspecified atom stereocenters. The van der Waals surface area contributed by atoms with E-state index < -0.39 is 0 Å². The molecule has 0 aliphatic carbocycles. The molecule has 0 spiro atoms. The summed E-state index contributed by atoms with van der Waals surface area (Å²) in [6.07, 6.45) is 1.73. The Hall–Kier alpha value is -0.950. The van der Waals surface area contributed by atoms with E-state index in [2.05, 4.69) is 11.9 Å². The van der Waals surface area contributed by atoms with Crippen molar-refractivity contribution in [3.8, 4) is 0 Å². The third-order valence-electron chi connectivity index (χ3n) is 1.97. The Labute approximate surface area is 108 Å². The van der Waals surface area contributed by atoms with Gasteiger partial charge in [0.05, 0.1) is 11.5 Å². The summed E-state index contributed by atoms with van der Waals surface area (Å²) in [7, 11) is 0. The van der Waals surface area contributed by atoms with Crippen molar-refractivity contribution in [2.75, 3.05) is 30.3 Å². The average Bonchev–Trinajstić information content (AvgIpc) is 2.61.